The second-order valence-electron chi connectivity index (χ2n) is 10.4. The van der Waals surface area contributed by atoms with Gasteiger partial charge in [0, 0.05) is 18.9 Å². The van der Waals surface area contributed by atoms with Gasteiger partial charge in [-0.2, -0.15) is 0 Å². The van der Waals surface area contributed by atoms with Crippen LogP contribution in [-0.4, -0.2) is 36.7 Å². The summed E-state index contributed by atoms with van der Waals surface area (Å²) in [5.74, 6) is 10.6. The molecule has 0 saturated heterocycles. The van der Waals surface area contributed by atoms with Crippen molar-refractivity contribution in [2.75, 3.05) is 13.2 Å². The van der Waals surface area contributed by atoms with Crippen LogP contribution in [0, 0.1) is 35.5 Å². The zero-order valence-electron chi connectivity index (χ0n) is 25.8. The molecule has 2 atom stereocenters. The van der Waals surface area contributed by atoms with Gasteiger partial charge in [-0.1, -0.05) is 100 Å². The molecule has 3 N–H and O–H groups in total. The van der Waals surface area contributed by atoms with E-state index in [0.29, 0.717) is 13.0 Å². The van der Waals surface area contributed by atoms with E-state index < -0.39 is 0 Å². The summed E-state index contributed by atoms with van der Waals surface area (Å²) in [6.45, 7) is 12.0. The van der Waals surface area contributed by atoms with Crippen molar-refractivity contribution < 1.29 is 19.2 Å². The molecular formula is C35H45N3O4. The van der Waals surface area contributed by atoms with Gasteiger partial charge in [-0.15, -0.1) is 11.8 Å². The van der Waals surface area contributed by atoms with Gasteiger partial charge in [0.1, 0.15) is 5.78 Å². The summed E-state index contributed by atoms with van der Waals surface area (Å²) in [6, 6.07) is 19.5. The first-order valence-electron chi connectivity index (χ1n) is 14.3. The van der Waals surface area contributed by atoms with Crippen LogP contribution in [-0.2, 0) is 19.2 Å². The Balaban J connectivity index is 0.000000420. The average Bonchev–Trinajstić information content (AvgIpc) is 2.96. The predicted molar refractivity (Wildman–Crippen MR) is 168 cm³/mol. The summed E-state index contributed by atoms with van der Waals surface area (Å²) in [7, 11) is 0. The Morgan fingerprint density at radius 3 is 1.55 bits per heavy atom. The first-order chi connectivity index (χ1) is 20.1. The standard InChI is InChI=1S/C18H23NO2.C17H22N2O2/c1-4-5-11-17(21)19-13-12-16(20)18(14(2)3)15-9-7-6-8-10-15;1-4-5-11-15(20)18-12-19-17(21)16(13(2)3)14-9-7-6-8-10-14/h6-10,14,18H,11-13H2,1-3H3,(H,19,21);6-10,13,16H,11-12H2,1-3H3,(H,18,20)(H,19,21). The molecular weight excluding hydrogens is 526 g/mol. The number of benzene rings is 2. The van der Waals surface area contributed by atoms with E-state index in [1.807, 2.05) is 88.4 Å². The summed E-state index contributed by atoms with van der Waals surface area (Å²) in [5, 5.41) is 8.10. The summed E-state index contributed by atoms with van der Waals surface area (Å²) >= 11 is 0. The van der Waals surface area contributed by atoms with E-state index >= 15 is 0 Å². The Morgan fingerprint density at radius 1 is 0.643 bits per heavy atom. The molecule has 0 radical (unpaired) electrons. The van der Waals surface area contributed by atoms with Crippen molar-refractivity contribution in [1.29, 1.82) is 0 Å². The fourth-order valence-electron chi connectivity index (χ4n) is 4.39. The fraction of sp³-hybridized carbons (Fsp3) is 0.429. The minimum atomic E-state index is -0.224. The molecule has 0 spiro atoms. The van der Waals surface area contributed by atoms with Crippen molar-refractivity contribution in [3.63, 3.8) is 0 Å². The number of hydrogen-bond donors (Lipinski definition) is 3. The first kappa shape index (κ1) is 35.7. The number of rotatable bonds is 13. The maximum absolute atomic E-state index is 12.4. The largest absolute Gasteiger partial charge is 0.355 e. The van der Waals surface area contributed by atoms with Gasteiger partial charge in [-0.25, -0.2) is 0 Å². The normalized spacial score (nSPS) is 11.3. The fourth-order valence-corrected chi connectivity index (χ4v) is 4.39. The first-order valence-corrected chi connectivity index (χ1v) is 14.3. The Hall–Kier alpha value is -4.36. The van der Waals surface area contributed by atoms with Gasteiger partial charge in [0.05, 0.1) is 25.4 Å². The number of carbonyl (C=O) groups excluding carboxylic acids is 4. The Morgan fingerprint density at radius 2 is 1.10 bits per heavy atom. The molecule has 0 aliphatic rings. The third-order valence-electron chi connectivity index (χ3n) is 6.37. The van der Waals surface area contributed by atoms with Crippen LogP contribution < -0.4 is 16.0 Å². The maximum Gasteiger partial charge on any atom is 0.233 e. The lowest BCUT2D eigenvalue weighted by molar-refractivity contribution is -0.125. The zero-order valence-corrected chi connectivity index (χ0v) is 25.8. The number of carbonyl (C=O) groups is 4. The molecule has 0 aliphatic carbocycles. The molecule has 0 fully saturated rings. The molecule has 0 aromatic heterocycles. The molecule has 7 nitrogen and oxygen atoms in total. The van der Waals surface area contributed by atoms with Crippen LogP contribution in [0.1, 0.15) is 83.8 Å². The predicted octanol–water partition coefficient (Wildman–Crippen LogP) is 4.94. The number of ketones is 1. The molecule has 0 aliphatic heterocycles. The smallest absolute Gasteiger partial charge is 0.233 e. The van der Waals surface area contributed by atoms with E-state index in [1.165, 1.54) is 0 Å². The lowest BCUT2D eigenvalue weighted by atomic mass is 9.84. The van der Waals surface area contributed by atoms with Gasteiger partial charge < -0.3 is 16.0 Å². The Labute approximate surface area is 251 Å². The van der Waals surface area contributed by atoms with Crippen LogP contribution in [0.5, 0.6) is 0 Å². The number of amides is 3. The summed E-state index contributed by atoms with van der Waals surface area (Å²) in [4.78, 5) is 47.5. The van der Waals surface area contributed by atoms with Gasteiger partial charge in [-0.05, 0) is 36.8 Å². The molecule has 0 heterocycles. The lowest BCUT2D eigenvalue weighted by Gasteiger charge is -2.20. The minimum Gasteiger partial charge on any atom is -0.355 e. The summed E-state index contributed by atoms with van der Waals surface area (Å²) < 4.78 is 0. The Kier molecular flexibility index (Phi) is 17.4. The highest BCUT2D eigenvalue weighted by Crippen LogP contribution is 2.26. The molecule has 2 aromatic rings. The second kappa shape index (κ2) is 20.5. The molecule has 0 bridgehead atoms. The third kappa shape index (κ3) is 13.8. The van der Waals surface area contributed by atoms with Crippen molar-refractivity contribution in [3.05, 3.63) is 71.8 Å². The van der Waals surface area contributed by atoms with Gasteiger partial charge in [-0.3, -0.25) is 19.2 Å². The number of Topliss-reactive ketones (excluding diaryl/α,β-unsaturated/α-hetero) is 1. The van der Waals surface area contributed by atoms with E-state index in [9.17, 15) is 19.2 Å². The molecule has 3 amide bonds. The van der Waals surface area contributed by atoms with E-state index in [4.69, 9.17) is 0 Å². The average molecular weight is 572 g/mol. The highest BCUT2D eigenvalue weighted by atomic mass is 16.2. The lowest BCUT2D eigenvalue weighted by Crippen LogP contribution is -2.40. The van der Waals surface area contributed by atoms with E-state index in [0.717, 1.165) is 11.1 Å². The van der Waals surface area contributed by atoms with Crippen molar-refractivity contribution in [3.8, 4) is 23.7 Å². The maximum atomic E-state index is 12.4. The molecule has 42 heavy (non-hydrogen) atoms. The van der Waals surface area contributed by atoms with E-state index in [-0.39, 0.29) is 66.7 Å². The summed E-state index contributed by atoms with van der Waals surface area (Å²) in [5.41, 5.74) is 2.02. The topological polar surface area (TPSA) is 104 Å². The van der Waals surface area contributed by atoms with Crippen molar-refractivity contribution in [2.45, 2.75) is 72.6 Å². The van der Waals surface area contributed by atoms with Gasteiger partial charge >= 0.3 is 0 Å². The van der Waals surface area contributed by atoms with Crippen LogP contribution in [0.3, 0.4) is 0 Å². The van der Waals surface area contributed by atoms with Gasteiger partial charge in [0.25, 0.3) is 0 Å². The zero-order chi connectivity index (χ0) is 31.3. The summed E-state index contributed by atoms with van der Waals surface area (Å²) in [6.07, 6.45) is 0.693. The highest BCUT2D eigenvalue weighted by molar-refractivity contribution is 5.87. The van der Waals surface area contributed by atoms with Crippen LogP contribution in [0.2, 0.25) is 0 Å². The number of nitrogens with one attached hydrogen (secondary N) is 3. The van der Waals surface area contributed by atoms with Crippen molar-refractivity contribution >= 4 is 23.5 Å². The van der Waals surface area contributed by atoms with Gasteiger partial charge in [0.15, 0.2) is 0 Å². The SMILES string of the molecule is CC#CCC(=O)NCCC(=O)C(c1ccccc1)C(C)C.CC#CCC(=O)NCNC(=O)C(c1ccccc1)C(C)C. The van der Waals surface area contributed by atoms with Crippen LogP contribution in [0.15, 0.2) is 60.7 Å². The third-order valence-corrected chi connectivity index (χ3v) is 6.37. The quantitative estimate of drug-likeness (QED) is 0.234. The van der Waals surface area contributed by atoms with Crippen molar-refractivity contribution in [1.82, 2.24) is 16.0 Å². The Bertz CT molecular complexity index is 1150. The second-order valence-corrected chi connectivity index (χ2v) is 10.4. The molecule has 2 aromatic carbocycles. The highest BCUT2D eigenvalue weighted by Gasteiger charge is 2.24. The number of hydrogen-bond acceptors (Lipinski definition) is 4. The van der Waals surface area contributed by atoms with Gasteiger partial charge in [0.2, 0.25) is 17.7 Å². The van der Waals surface area contributed by atoms with Crippen LogP contribution >= 0.6 is 0 Å². The molecule has 2 unspecified atom stereocenters. The van der Waals surface area contributed by atoms with Crippen LogP contribution in [0.25, 0.3) is 0 Å². The molecule has 7 heteroatoms. The molecule has 0 saturated carbocycles. The van der Waals surface area contributed by atoms with Crippen LogP contribution in [0.4, 0.5) is 0 Å². The van der Waals surface area contributed by atoms with Crippen molar-refractivity contribution in [2.24, 2.45) is 11.8 Å². The van der Waals surface area contributed by atoms with E-state index in [1.54, 1.807) is 13.8 Å². The molecule has 2 rings (SSSR count). The minimum absolute atomic E-state index is 0.0851. The molecule has 224 valence electrons. The van der Waals surface area contributed by atoms with E-state index in [2.05, 4.69) is 39.6 Å². The monoisotopic (exact) mass is 571 g/mol.